The van der Waals surface area contributed by atoms with Crippen molar-refractivity contribution in [2.75, 3.05) is 19.8 Å². The number of ether oxygens (including phenoxy) is 1. The van der Waals surface area contributed by atoms with Gasteiger partial charge in [-0.05, 0) is 59.9 Å². The predicted octanol–water partition coefficient (Wildman–Crippen LogP) is 3.99. The number of nitrogens with one attached hydrogen (secondary N) is 1. The molecule has 1 aromatic carbocycles. The van der Waals surface area contributed by atoms with Crippen LogP contribution in [0.5, 0.6) is 0 Å². The average molecular weight is 301 g/mol. The summed E-state index contributed by atoms with van der Waals surface area (Å²) in [5, 5.41) is 7.61. The predicted molar refractivity (Wildman–Crippen MR) is 89.0 cm³/mol. The Morgan fingerprint density at radius 2 is 2.00 bits per heavy atom. The first-order valence-electron chi connectivity index (χ1n) is 8.11. The van der Waals surface area contributed by atoms with Gasteiger partial charge in [0.2, 0.25) is 0 Å². The van der Waals surface area contributed by atoms with E-state index >= 15 is 0 Å². The summed E-state index contributed by atoms with van der Waals surface area (Å²) in [6.45, 7) is 3.01. The summed E-state index contributed by atoms with van der Waals surface area (Å²) in [6.07, 6.45) is 6.32. The Kier molecular flexibility index (Phi) is 3.74. The number of fused-ring (bicyclic) bond motifs is 1. The molecule has 1 aliphatic heterocycles. The van der Waals surface area contributed by atoms with E-state index in [9.17, 15) is 0 Å². The third-order valence-corrected chi connectivity index (χ3v) is 6.04. The fourth-order valence-corrected chi connectivity index (χ4v) is 4.41. The lowest BCUT2D eigenvalue weighted by Crippen LogP contribution is -2.41. The van der Waals surface area contributed by atoms with Crippen molar-refractivity contribution in [2.24, 2.45) is 5.41 Å². The van der Waals surface area contributed by atoms with E-state index in [0.717, 1.165) is 25.8 Å². The van der Waals surface area contributed by atoms with Gasteiger partial charge in [-0.1, -0.05) is 18.2 Å². The van der Waals surface area contributed by atoms with Crippen LogP contribution in [-0.4, -0.2) is 25.8 Å². The molecule has 4 rings (SSSR count). The van der Waals surface area contributed by atoms with Gasteiger partial charge >= 0.3 is 0 Å². The first kappa shape index (κ1) is 13.7. The standard InChI is InChI=1S/C18H23NOS/c1-2-4-17-16(3-1)14(12-21-17)11-18(7-9-20-10-8-18)13-19-15-5-6-15/h1-4,12,15,19H,5-11,13H2. The fraction of sp³-hybridized carbons (Fsp3) is 0.556. The molecule has 0 atom stereocenters. The molecule has 0 amide bonds. The van der Waals surface area contributed by atoms with Crippen LogP contribution in [0.4, 0.5) is 0 Å². The number of hydrogen-bond acceptors (Lipinski definition) is 3. The van der Waals surface area contributed by atoms with E-state index in [4.69, 9.17) is 4.74 Å². The highest BCUT2D eigenvalue weighted by molar-refractivity contribution is 7.17. The first-order valence-corrected chi connectivity index (χ1v) is 8.99. The van der Waals surface area contributed by atoms with Gasteiger partial charge in [0.05, 0.1) is 0 Å². The molecule has 3 heteroatoms. The minimum atomic E-state index is 0.394. The molecule has 0 bridgehead atoms. The Morgan fingerprint density at radius 1 is 1.19 bits per heavy atom. The average Bonchev–Trinajstić information content (AvgIpc) is 3.28. The maximum atomic E-state index is 5.63. The second-order valence-corrected chi connectivity index (χ2v) is 7.61. The molecule has 0 radical (unpaired) electrons. The van der Waals surface area contributed by atoms with Crippen LogP contribution in [0.3, 0.4) is 0 Å². The van der Waals surface area contributed by atoms with Crippen LogP contribution in [0.2, 0.25) is 0 Å². The second-order valence-electron chi connectivity index (χ2n) is 6.70. The molecule has 1 aromatic heterocycles. The molecule has 2 aliphatic rings. The van der Waals surface area contributed by atoms with Gasteiger partial charge in [0.15, 0.2) is 0 Å². The van der Waals surface area contributed by atoms with Gasteiger partial charge in [0, 0.05) is 30.5 Å². The van der Waals surface area contributed by atoms with E-state index in [1.165, 1.54) is 47.8 Å². The van der Waals surface area contributed by atoms with Crippen LogP contribution >= 0.6 is 11.3 Å². The number of rotatable bonds is 5. The molecule has 2 aromatic rings. The van der Waals surface area contributed by atoms with Gasteiger partial charge in [-0.2, -0.15) is 0 Å². The molecule has 1 N–H and O–H groups in total. The Morgan fingerprint density at radius 3 is 2.81 bits per heavy atom. The molecule has 1 saturated carbocycles. The van der Waals surface area contributed by atoms with Crippen molar-refractivity contribution in [1.29, 1.82) is 0 Å². The van der Waals surface area contributed by atoms with Crippen LogP contribution in [-0.2, 0) is 11.2 Å². The van der Waals surface area contributed by atoms with E-state index in [0.29, 0.717) is 5.41 Å². The maximum Gasteiger partial charge on any atom is 0.0471 e. The van der Waals surface area contributed by atoms with Gasteiger partial charge in [-0.15, -0.1) is 11.3 Å². The summed E-state index contributed by atoms with van der Waals surface area (Å²) in [7, 11) is 0. The summed E-state index contributed by atoms with van der Waals surface area (Å²) < 4.78 is 7.05. The highest BCUT2D eigenvalue weighted by Gasteiger charge is 2.35. The van der Waals surface area contributed by atoms with Crippen molar-refractivity contribution in [2.45, 2.75) is 38.1 Å². The van der Waals surface area contributed by atoms with Crippen molar-refractivity contribution in [3.8, 4) is 0 Å². The first-order chi connectivity index (χ1) is 10.3. The van der Waals surface area contributed by atoms with Crippen molar-refractivity contribution in [3.05, 3.63) is 35.2 Å². The van der Waals surface area contributed by atoms with E-state index in [1.54, 1.807) is 0 Å². The van der Waals surface area contributed by atoms with Crippen LogP contribution in [0, 0.1) is 5.41 Å². The largest absolute Gasteiger partial charge is 0.381 e. The molecule has 0 unspecified atom stereocenters. The lowest BCUT2D eigenvalue weighted by molar-refractivity contribution is 0.0149. The molecule has 2 nitrogen and oxygen atoms in total. The third-order valence-electron chi connectivity index (χ3n) is 5.02. The Balaban J connectivity index is 1.57. The molecular formula is C18H23NOS. The molecule has 1 aliphatic carbocycles. The second kappa shape index (κ2) is 5.71. The molecule has 2 fully saturated rings. The number of thiophene rings is 1. The smallest absolute Gasteiger partial charge is 0.0471 e. The Bertz CT molecular complexity index is 610. The van der Waals surface area contributed by atoms with Crippen LogP contribution in [0.1, 0.15) is 31.2 Å². The normalized spacial score (nSPS) is 21.7. The highest BCUT2D eigenvalue weighted by Crippen LogP contribution is 2.38. The summed E-state index contributed by atoms with van der Waals surface area (Å²) in [4.78, 5) is 0. The van der Waals surface area contributed by atoms with Crippen LogP contribution in [0.15, 0.2) is 29.6 Å². The van der Waals surface area contributed by atoms with Crippen molar-refractivity contribution in [3.63, 3.8) is 0 Å². The van der Waals surface area contributed by atoms with E-state index in [2.05, 4.69) is 35.0 Å². The molecule has 2 heterocycles. The molecule has 21 heavy (non-hydrogen) atoms. The Hall–Kier alpha value is -0.900. The molecule has 112 valence electrons. The summed E-state index contributed by atoms with van der Waals surface area (Å²) in [5.41, 5.74) is 1.93. The SMILES string of the molecule is c1ccc2c(CC3(CNC4CC4)CCOCC3)csc2c1. The van der Waals surface area contributed by atoms with Crippen LogP contribution in [0.25, 0.3) is 10.1 Å². The van der Waals surface area contributed by atoms with Gasteiger partial charge in [0.25, 0.3) is 0 Å². The summed E-state index contributed by atoms with van der Waals surface area (Å²) in [6, 6.07) is 9.62. The van der Waals surface area contributed by atoms with Crippen molar-refractivity contribution in [1.82, 2.24) is 5.32 Å². The molecule has 1 saturated heterocycles. The van der Waals surface area contributed by atoms with Crippen molar-refractivity contribution < 1.29 is 4.74 Å². The summed E-state index contributed by atoms with van der Waals surface area (Å²) >= 11 is 1.89. The van der Waals surface area contributed by atoms with Crippen LogP contribution < -0.4 is 5.32 Å². The van der Waals surface area contributed by atoms with E-state index in [-0.39, 0.29) is 0 Å². The quantitative estimate of drug-likeness (QED) is 0.901. The molecule has 0 spiro atoms. The number of benzene rings is 1. The zero-order chi connectivity index (χ0) is 14.1. The molecular weight excluding hydrogens is 278 g/mol. The fourth-order valence-electron chi connectivity index (χ4n) is 3.44. The minimum Gasteiger partial charge on any atom is -0.381 e. The monoisotopic (exact) mass is 301 g/mol. The maximum absolute atomic E-state index is 5.63. The van der Waals surface area contributed by atoms with E-state index < -0.39 is 0 Å². The van der Waals surface area contributed by atoms with Gasteiger partial charge in [0.1, 0.15) is 0 Å². The number of hydrogen-bond donors (Lipinski definition) is 1. The zero-order valence-electron chi connectivity index (χ0n) is 12.4. The highest BCUT2D eigenvalue weighted by atomic mass is 32.1. The van der Waals surface area contributed by atoms with Gasteiger partial charge in [-0.3, -0.25) is 0 Å². The lowest BCUT2D eigenvalue weighted by Gasteiger charge is -2.37. The van der Waals surface area contributed by atoms with Gasteiger partial charge < -0.3 is 10.1 Å². The minimum absolute atomic E-state index is 0.394. The zero-order valence-corrected chi connectivity index (χ0v) is 13.3. The van der Waals surface area contributed by atoms with Crippen molar-refractivity contribution >= 4 is 21.4 Å². The summed E-state index contributed by atoms with van der Waals surface area (Å²) in [5.74, 6) is 0. The van der Waals surface area contributed by atoms with E-state index in [1.807, 2.05) is 11.3 Å². The topological polar surface area (TPSA) is 21.3 Å². The lowest BCUT2D eigenvalue weighted by atomic mass is 9.75. The van der Waals surface area contributed by atoms with Gasteiger partial charge in [-0.25, -0.2) is 0 Å². The Labute approximate surface area is 130 Å². The third kappa shape index (κ3) is 3.01.